The Morgan fingerprint density at radius 3 is 2.78 bits per heavy atom. The zero-order valence-electron chi connectivity index (χ0n) is 8.91. The second-order valence-corrected chi connectivity index (χ2v) is 3.71. The van der Waals surface area contributed by atoms with Crippen LogP contribution in [0, 0.1) is 10.1 Å². The van der Waals surface area contributed by atoms with E-state index in [2.05, 4.69) is 9.97 Å². The molecule has 0 aliphatic carbocycles. The highest BCUT2D eigenvalue weighted by Crippen LogP contribution is 2.26. The highest BCUT2D eigenvalue weighted by molar-refractivity contribution is 6.32. The third-order valence-corrected chi connectivity index (χ3v) is 2.58. The molecule has 0 N–H and O–H groups in total. The minimum absolute atomic E-state index is 0.0153. The fourth-order valence-corrected chi connectivity index (χ4v) is 1.65. The molecule has 1 heterocycles. The Labute approximate surface area is 106 Å². The average Bonchev–Trinajstić information content (AvgIpc) is 2.38. The van der Waals surface area contributed by atoms with E-state index in [9.17, 15) is 14.9 Å². The van der Waals surface area contributed by atoms with Crippen LogP contribution < -0.4 is 0 Å². The van der Waals surface area contributed by atoms with Crippen LogP contribution in [0.15, 0.2) is 30.6 Å². The van der Waals surface area contributed by atoms with Gasteiger partial charge in [-0.3, -0.25) is 14.9 Å². The van der Waals surface area contributed by atoms with Crippen LogP contribution >= 0.6 is 11.6 Å². The van der Waals surface area contributed by atoms with Crippen LogP contribution in [-0.2, 0) is 0 Å². The minimum atomic E-state index is -0.521. The summed E-state index contributed by atoms with van der Waals surface area (Å²) in [6.07, 6.45) is 1.72. The van der Waals surface area contributed by atoms with Gasteiger partial charge in [-0.25, -0.2) is 9.97 Å². The number of aromatic nitrogens is 2. The average molecular weight is 264 g/mol. The fraction of sp³-hybridized carbons (Fsp3) is 0. The van der Waals surface area contributed by atoms with Gasteiger partial charge < -0.3 is 0 Å². The van der Waals surface area contributed by atoms with Crippen molar-refractivity contribution in [3.8, 4) is 11.3 Å². The van der Waals surface area contributed by atoms with Crippen molar-refractivity contribution in [1.29, 1.82) is 0 Å². The van der Waals surface area contributed by atoms with Crippen molar-refractivity contribution in [2.45, 2.75) is 0 Å². The Hall–Kier alpha value is -2.34. The van der Waals surface area contributed by atoms with Gasteiger partial charge in [0.2, 0.25) is 0 Å². The van der Waals surface area contributed by atoms with Gasteiger partial charge in [0.05, 0.1) is 16.2 Å². The molecule has 0 bridgehead atoms. The van der Waals surface area contributed by atoms with Crippen molar-refractivity contribution < 1.29 is 9.72 Å². The first-order valence-electron chi connectivity index (χ1n) is 4.84. The Morgan fingerprint density at radius 2 is 2.11 bits per heavy atom. The molecule has 2 rings (SSSR count). The number of nitro benzene ring substituents is 1. The van der Waals surface area contributed by atoms with E-state index in [-0.39, 0.29) is 22.1 Å². The van der Waals surface area contributed by atoms with Gasteiger partial charge in [0, 0.05) is 17.7 Å². The second kappa shape index (κ2) is 4.89. The summed E-state index contributed by atoms with van der Waals surface area (Å²) in [4.78, 5) is 28.7. The quantitative estimate of drug-likeness (QED) is 0.367. The molecule has 0 fully saturated rings. The molecule has 1 aromatic carbocycles. The van der Waals surface area contributed by atoms with Gasteiger partial charge in [-0.15, -0.1) is 0 Å². The van der Waals surface area contributed by atoms with Gasteiger partial charge in [0.1, 0.15) is 11.5 Å². The van der Waals surface area contributed by atoms with Crippen molar-refractivity contribution in [1.82, 2.24) is 9.97 Å². The summed E-state index contributed by atoms with van der Waals surface area (Å²) in [5, 5.41) is 10.7. The maximum Gasteiger partial charge on any atom is 0.270 e. The summed E-state index contributed by atoms with van der Waals surface area (Å²) < 4.78 is 0. The lowest BCUT2D eigenvalue weighted by Gasteiger charge is -2.04. The molecule has 18 heavy (non-hydrogen) atoms. The Bertz CT molecular complexity index is 631. The predicted octanol–water partition coefficient (Wildman–Crippen LogP) is 2.52. The van der Waals surface area contributed by atoms with E-state index in [0.717, 1.165) is 0 Å². The third-order valence-electron chi connectivity index (χ3n) is 2.28. The highest BCUT2D eigenvalue weighted by atomic mass is 35.5. The van der Waals surface area contributed by atoms with E-state index >= 15 is 0 Å². The molecule has 0 spiro atoms. The van der Waals surface area contributed by atoms with E-state index < -0.39 is 4.92 Å². The van der Waals surface area contributed by atoms with Crippen molar-refractivity contribution in [3.05, 3.63) is 51.4 Å². The number of carbonyl (C=O) groups excluding carboxylic acids is 1. The van der Waals surface area contributed by atoms with E-state index in [0.29, 0.717) is 11.8 Å². The first kappa shape index (κ1) is 12.1. The SMILES string of the molecule is O=Cc1c(Cl)ncnc1-c1cccc([N+](=O)[O-])c1. The molecule has 7 heteroatoms. The molecule has 0 unspecified atom stereocenters. The summed E-state index contributed by atoms with van der Waals surface area (Å²) in [6, 6.07) is 5.80. The van der Waals surface area contributed by atoms with Crippen LogP contribution in [0.2, 0.25) is 5.15 Å². The summed E-state index contributed by atoms with van der Waals surface area (Å²) in [5.74, 6) is 0. The topological polar surface area (TPSA) is 86.0 Å². The number of carbonyl (C=O) groups is 1. The molecule has 90 valence electrons. The predicted molar refractivity (Wildman–Crippen MR) is 64.5 cm³/mol. The first-order chi connectivity index (χ1) is 8.63. The van der Waals surface area contributed by atoms with E-state index in [4.69, 9.17) is 11.6 Å². The molecule has 1 aromatic heterocycles. The van der Waals surface area contributed by atoms with Crippen molar-refractivity contribution in [2.75, 3.05) is 0 Å². The lowest BCUT2D eigenvalue weighted by molar-refractivity contribution is -0.384. The van der Waals surface area contributed by atoms with Crippen molar-refractivity contribution in [3.63, 3.8) is 0 Å². The number of aldehydes is 1. The molecule has 0 saturated carbocycles. The van der Waals surface area contributed by atoms with Gasteiger partial charge in [-0.05, 0) is 0 Å². The molecule has 0 radical (unpaired) electrons. The first-order valence-corrected chi connectivity index (χ1v) is 5.22. The number of benzene rings is 1. The van der Waals surface area contributed by atoms with Crippen LogP contribution in [0.5, 0.6) is 0 Å². The maximum absolute atomic E-state index is 10.9. The Kier molecular flexibility index (Phi) is 3.29. The Morgan fingerprint density at radius 1 is 1.33 bits per heavy atom. The van der Waals surface area contributed by atoms with E-state index in [1.165, 1.54) is 24.5 Å². The monoisotopic (exact) mass is 263 g/mol. The molecule has 0 aliphatic rings. The lowest BCUT2D eigenvalue weighted by atomic mass is 10.1. The zero-order chi connectivity index (χ0) is 13.1. The molecule has 2 aromatic rings. The highest BCUT2D eigenvalue weighted by Gasteiger charge is 2.13. The number of non-ortho nitro benzene ring substituents is 1. The number of halogens is 1. The molecular weight excluding hydrogens is 258 g/mol. The molecule has 0 saturated heterocycles. The molecule has 0 aliphatic heterocycles. The van der Waals surface area contributed by atoms with Gasteiger partial charge in [-0.2, -0.15) is 0 Å². The van der Waals surface area contributed by atoms with Gasteiger partial charge in [0.25, 0.3) is 5.69 Å². The molecule has 0 amide bonds. The normalized spacial score (nSPS) is 10.1. The molecular formula is C11H6ClN3O3. The van der Waals surface area contributed by atoms with Crippen LogP contribution in [-0.4, -0.2) is 21.2 Å². The third kappa shape index (κ3) is 2.18. The maximum atomic E-state index is 10.9. The molecule has 0 atom stereocenters. The van der Waals surface area contributed by atoms with Crippen molar-refractivity contribution >= 4 is 23.6 Å². The molecule has 6 nitrogen and oxygen atoms in total. The fourth-order valence-electron chi connectivity index (χ4n) is 1.48. The smallest absolute Gasteiger partial charge is 0.270 e. The van der Waals surface area contributed by atoms with Gasteiger partial charge >= 0.3 is 0 Å². The summed E-state index contributed by atoms with van der Waals surface area (Å²) >= 11 is 5.77. The number of nitrogens with zero attached hydrogens (tertiary/aromatic N) is 3. The summed E-state index contributed by atoms with van der Waals surface area (Å²) in [5.41, 5.74) is 0.739. The van der Waals surface area contributed by atoms with Crippen LogP contribution in [0.1, 0.15) is 10.4 Å². The zero-order valence-corrected chi connectivity index (χ0v) is 9.66. The summed E-state index contributed by atoms with van der Waals surface area (Å²) in [7, 11) is 0. The summed E-state index contributed by atoms with van der Waals surface area (Å²) in [6.45, 7) is 0. The number of hydrogen-bond donors (Lipinski definition) is 0. The van der Waals surface area contributed by atoms with Crippen LogP contribution in [0.3, 0.4) is 0 Å². The minimum Gasteiger partial charge on any atom is -0.298 e. The standard InChI is InChI=1S/C11H6ClN3O3/c12-11-9(5-16)10(13-6-14-11)7-2-1-3-8(4-7)15(17)18/h1-6H. The second-order valence-electron chi connectivity index (χ2n) is 3.35. The lowest BCUT2D eigenvalue weighted by Crippen LogP contribution is -1.96. The van der Waals surface area contributed by atoms with Crippen LogP contribution in [0.4, 0.5) is 5.69 Å². The number of rotatable bonds is 3. The van der Waals surface area contributed by atoms with Crippen molar-refractivity contribution in [2.24, 2.45) is 0 Å². The van der Waals surface area contributed by atoms with E-state index in [1.54, 1.807) is 6.07 Å². The number of nitro groups is 1. The number of hydrogen-bond acceptors (Lipinski definition) is 5. The van der Waals surface area contributed by atoms with Gasteiger partial charge in [-0.1, -0.05) is 23.7 Å². The largest absolute Gasteiger partial charge is 0.298 e. The van der Waals surface area contributed by atoms with E-state index in [1.807, 2.05) is 0 Å². The van der Waals surface area contributed by atoms with Gasteiger partial charge in [0.15, 0.2) is 6.29 Å². The van der Waals surface area contributed by atoms with Crippen LogP contribution in [0.25, 0.3) is 11.3 Å². The Balaban J connectivity index is 2.62.